The third kappa shape index (κ3) is 2.68. The lowest BCUT2D eigenvalue weighted by atomic mass is 10.2. The van der Waals surface area contributed by atoms with E-state index in [1.54, 1.807) is 28.9 Å². The van der Waals surface area contributed by atoms with Crippen LogP contribution >= 0.6 is 11.8 Å². The molecule has 2 aliphatic rings. The van der Waals surface area contributed by atoms with E-state index in [1.807, 2.05) is 19.9 Å². The van der Waals surface area contributed by atoms with Gasteiger partial charge in [0.25, 0.3) is 5.56 Å². The topological polar surface area (TPSA) is 81.0 Å². The second kappa shape index (κ2) is 6.12. The summed E-state index contributed by atoms with van der Waals surface area (Å²) in [4.78, 5) is 42.6. The van der Waals surface area contributed by atoms with Crippen molar-refractivity contribution in [1.29, 1.82) is 0 Å². The first kappa shape index (κ1) is 17.1. The number of esters is 1. The number of amides is 1. The molecule has 7 nitrogen and oxygen atoms in total. The number of hydrogen-bond donors (Lipinski definition) is 0. The lowest BCUT2D eigenvalue weighted by molar-refractivity contribution is -0.154. The zero-order valence-electron chi connectivity index (χ0n) is 14.6. The van der Waals surface area contributed by atoms with Gasteiger partial charge in [-0.15, -0.1) is 11.8 Å². The largest absolute Gasteiger partial charge is 0.458 e. The van der Waals surface area contributed by atoms with Gasteiger partial charge in [0.1, 0.15) is 18.3 Å². The van der Waals surface area contributed by atoms with Crippen LogP contribution in [-0.2, 0) is 20.9 Å². The molecule has 2 atom stereocenters. The highest BCUT2D eigenvalue weighted by molar-refractivity contribution is 8.01. The molecule has 4 heterocycles. The van der Waals surface area contributed by atoms with Gasteiger partial charge in [0.15, 0.2) is 0 Å². The summed E-state index contributed by atoms with van der Waals surface area (Å²) in [5, 5.41) is 0. The van der Waals surface area contributed by atoms with E-state index in [9.17, 15) is 14.4 Å². The summed E-state index contributed by atoms with van der Waals surface area (Å²) in [6.45, 7) is 3.77. The van der Waals surface area contributed by atoms with E-state index in [1.165, 1.54) is 10.5 Å². The molecule has 2 saturated heterocycles. The van der Waals surface area contributed by atoms with Crippen LogP contribution in [0.4, 0.5) is 0 Å². The van der Waals surface area contributed by atoms with Gasteiger partial charge in [0.05, 0.1) is 10.6 Å². The summed E-state index contributed by atoms with van der Waals surface area (Å²) in [7, 11) is 0. The van der Waals surface area contributed by atoms with Crippen molar-refractivity contribution < 1.29 is 14.3 Å². The summed E-state index contributed by atoms with van der Waals surface area (Å²) in [5.41, 5.74) is 1.59. The Labute approximate surface area is 154 Å². The number of fused-ring (bicyclic) bond motifs is 2. The molecule has 2 fully saturated rings. The monoisotopic (exact) mass is 373 g/mol. The van der Waals surface area contributed by atoms with Crippen LogP contribution in [0, 0.1) is 6.92 Å². The molecule has 2 aromatic heterocycles. The highest BCUT2D eigenvalue weighted by Crippen LogP contribution is 2.47. The van der Waals surface area contributed by atoms with Crippen LogP contribution in [-0.4, -0.2) is 42.8 Å². The summed E-state index contributed by atoms with van der Waals surface area (Å²) in [6, 6.07) is 4.46. The van der Waals surface area contributed by atoms with Crippen LogP contribution in [0.3, 0.4) is 0 Å². The quantitative estimate of drug-likeness (QED) is 0.759. The Bertz CT molecular complexity index is 973. The molecular weight excluding hydrogens is 354 g/mol. The van der Waals surface area contributed by atoms with Crippen molar-refractivity contribution in [2.24, 2.45) is 0 Å². The SMILES string of the molecule is Cc1cccn2c(=O)cc(COC(=O)[C@@H]3CS[C@]4(C)CCC(=O)N34)nc12. The van der Waals surface area contributed by atoms with E-state index in [-0.39, 0.29) is 22.9 Å². The fraction of sp³-hybridized carbons (Fsp3) is 0.444. The summed E-state index contributed by atoms with van der Waals surface area (Å²) < 4.78 is 6.86. The predicted octanol–water partition coefficient (Wildman–Crippen LogP) is 1.50. The van der Waals surface area contributed by atoms with Crippen molar-refractivity contribution in [2.45, 2.75) is 44.2 Å². The first-order valence-corrected chi connectivity index (χ1v) is 9.48. The molecule has 4 rings (SSSR count). The predicted molar refractivity (Wildman–Crippen MR) is 96.7 cm³/mol. The van der Waals surface area contributed by atoms with Gasteiger partial charge >= 0.3 is 5.97 Å². The Kier molecular flexibility index (Phi) is 4.02. The van der Waals surface area contributed by atoms with Gasteiger partial charge in [-0.3, -0.25) is 14.0 Å². The Morgan fingerprint density at radius 1 is 1.46 bits per heavy atom. The second-order valence-corrected chi connectivity index (χ2v) is 8.35. The number of pyridine rings is 1. The Balaban J connectivity index is 1.52. The molecule has 0 bridgehead atoms. The van der Waals surface area contributed by atoms with Crippen LogP contribution in [0.15, 0.2) is 29.2 Å². The minimum atomic E-state index is -0.566. The number of aromatic nitrogens is 2. The van der Waals surface area contributed by atoms with Crippen LogP contribution in [0.1, 0.15) is 31.0 Å². The number of carbonyl (C=O) groups excluding carboxylic acids is 2. The fourth-order valence-corrected chi connectivity index (χ4v) is 5.04. The molecule has 0 unspecified atom stereocenters. The van der Waals surface area contributed by atoms with E-state index in [4.69, 9.17) is 4.74 Å². The van der Waals surface area contributed by atoms with Gasteiger partial charge in [0.2, 0.25) is 5.91 Å². The van der Waals surface area contributed by atoms with Gasteiger partial charge in [-0.2, -0.15) is 0 Å². The number of aryl methyl sites for hydroxylation is 1. The highest BCUT2D eigenvalue weighted by atomic mass is 32.2. The van der Waals surface area contributed by atoms with Crippen molar-refractivity contribution in [3.8, 4) is 0 Å². The highest BCUT2D eigenvalue weighted by Gasteiger charge is 2.53. The normalized spacial score (nSPS) is 24.9. The van der Waals surface area contributed by atoms with E-state index in [2.05, 4.69) is 4.98 Å². The van der Waals surface area contributed by atoms with Crippen molar-refractivity contribution in [3.05, 3.63) is 46.0 Å². The summed E-state index contributed by atoms with van der Waals surface area (Å²) in [5.74, 6) is 0.0916. The molecule has 0 aliphatic carbocycles. The van der Waals surface area contributed by atoms with Crippen LogP contribution in [0.2, 0.25) is 0 Å². The molecule has 8 heteroatoms. The molecule has 0 N–H and O–H groups in total. The average molecular weight is 373 g/mol. The minimum Gasteiger partial charge on any atom is -0.458 e. The Morgan fingerprint density at radius 2 is 2.27 bits per heavy atom. The molecule has 1 amide bonds. The summed E-state index contributed by atoms with van der Waals surface area (Å²) in [6.07, 6.45) is 2.88. The molecule has 2 aliphatic heterocycles. The first-order chi connectivity index (χ1) is 12.4. The molecule has 0 aromatic carbocycles. The maximum atomic E-state index is 12.5. The number of nitrogens with zero attached hydrogens (tertiary/aromatic N) is 3. The smallest absolute Gasteiger partial charge is 0.330 e. The number of rotatable bonds is 3. The van der Waals surface area contributed by atoms with E-state index < -0.39 is 12.0 Å². The lowest BCUT2D eigenvalue weighted by Crippen LogP contribution is -2.46. The van der Waals surface area contributed by atoms with Crippen molar-refractivity contribution in [3.63, 3.8) is 0 Å². The lowest BCUT2D eigenvalue weighted by Gasteiger charge is -2.29. The van der Waals surface area contributed by atoms with Gasteiger partial charge in [-0.25, -0.2) is 9.78 Å². The molecule has 136 valence electrons. The van der Waals surface area contributed by atoms with Gasteiger partial charge in [-0.05, 0) is 31.9 Å². The van der Waals surface area contributed by atoms with E-state index >= 15 is 0 Å². The maximum Gasteiger partial charge on any atom is 0.330 e. The third-order valence-corrected chi connectivity index (χ3v) is 6.52. The van der Waals surface area contributed by atoms with Crippen molar-refractivity contribution in [2.75, 3.05) is 5.75 Å². The number of ether oxygens (including phenoxy) is 1. The number of thioether (sulfide) groups is 1. The van der Waals surface area contributed by atoms with E-state index in [0.717, 1.165) is 12.0 Å². The zero-order chi connectivity index (χ0) is 18.5. The summed E-state index contributed by atoms with van der Waals surface area (Å²) >= 11 is 1.62. The van der Waals surface area contributed by atoms with Crippen molar-refractivity contribution in [1.82, 2.24) is 14.3 Å². The first-order valence-electron chi connectivity index (χ1n) is 8.50. The number of hydrogen-bond acceptors (Lipinski definition) is 6. The standard InChI is InChI=1S/C18H19N3O4S/c1-11-4-3-7-20-15(23)8-12(19-16(11)20)9-25-17(24)13-10-26-18(2)6-5-14(22)21(13)18/h3-4,7-8,13H,5-6,9-10H2,1-2H3/t13-,18+/m0/s1. The second-order valence-electron chi connectivity index (χ2n) is 6.84. The maximum absolute atomic E-state index is 12.5. The van der Waals surface area contributed by atoms with Crippen LogP contribution < -0.4 is 5.56 Å². The van der Waals surface area contributed by atoms with Gasteiger partial charge in [0, 0.05) is 24.4 Å². The van der Waals surface area contributed by atoms with E-state index in [0.29, 0.717) is 23.5 Å². The Morgan fingerprint density at radius 3 is 3.08 bits per heavy atom. The molecule has 0 radical (unpaired) electrons. The minimum absolute atomic E-state index is 0.00264. The molecule has 2 aromatic rings. The molecular formula is C18H19N3O4S. The van der Waals surface area contributed by atoms with Crippen LogP contribution in [0.25, 0.3) is 5.65 Å². The van der Waals surface area contributed by atoms with Crippen molar-refractivity contribution >= 4 is 29.3 Å². The molecule has 0 spiro atoms. The Hall–Kier alpha value is -2.35. The van der Waals surface area contributed by atoms with Crippen LogP contribution in [0.5, 0.6) is 0 Å². The average Bonchev–Trinajstić information content (AvgIpc) is 3.10. The molecule has 0 saturated carbocycles. The number of carbonyl (C=O) groups is 2. The van der Waals surface area contributed by atoms with Gasteiger partial charge in [-0.1, -0.05) is 6.07 Å². The van der Waals surface area contributed by atoms with Gasteiger partial charge < -0.3 is 9.64 Å². The zero-order valence-corrected chi connectivity index (χ0v) is 15.4. The molecule has 26 heavy (non-hydrogen) atoms. The fourth-order valence-electron chi connectivity index (χ4n) is 3.62. The third-order valence-electron chi connectivity index (χ3n) is 5.02.